The maximum absolute atomic E-state index is 11.4. The smallest absolute Gasteiger partial charge is 0.357 e. The van der Waals surface area contributed by atoms with Crippen molar-refractivity contribution in [2.75, 3.05) is 0 Å². The Labute approximate surface area is 143 Å². The van der Waals surface area contributed by atoms with E-state index in [4.69, 9.17) is 4.42 Å². The van der Waals surface area contributed by atoms with E-state index in [0.717, 1.165) is 16.8 Å². The van der Waals surface area contributed by atoms with Crippen molar-refractivity contribution < 1.29 is 14.3 Å². The van der Waals surface area contributed by atoms with Gasteiger partial charge in [-0.1, -0.05) is 36.4 Å². The van der Waals surface area contributed by atoms with E-state index >= 15 is 0 Å². The summed E-state index contributed by atoms with van der Waals surface area (Å²) in [4.78, 5) is 16.0. The number of hydrogen-bond donors (Lipinski definition) is 1. The summed E-state index contributed by atoms with van der Waals surface area (Å²) in [5.41, 5.74) is 2.42. The van der Waals surface area contributed by atoms with Gasteiger partial charge in [0.25, 0.3) is 0 Å². The van der Waals surface area contributed by atoms with Crippen LogP contribution < -0.4 is 0 Å². The van der Waals surface area contributed by atoms with Gasteiger partial charge in [0.05, 0.1) is 12.1 Å². The topological polar surface area (TPSA) is 81.2 Å². The summed E-state index contributed by atoms with van der Waals surface area (Å²) < 4.78 is 7.42. The number of oxazole rings is 1. The number of hydrogen-bond acceptors (Lipinski definition) is 4. The first-order valence-electron chi connectivity index (χ1n) is 7.84. The lowest BCUT2D eigenvalue weighted by Gasteiger charge is -2.00. The first-order valence-corrected chi connectivity index (χ1v) is 7.84. The van der Waals surface area contributed by atoms with Crippen LogP contribution in [0, 0.1) is 6.92 Å². The minimum atomic E-state index is -1.04. The first kappa shape index (κ1) is 15.1. The Kier molecular flexibility index (Phi) is 3.57. The van der Waals surface area contributed by atoms with Crippen LogP contribution in [0.1, 0.15) is 21.9 Å². The first-order chi connectivity index (χ1) is 12.1. The molecule has 2 heterocycles. The van der Waals surface area contributed by atoms with E-state index < -0.39 is 5.97 Å². The molecule has 6 nitrogen and oxygen atoms in total. The average molecular weight is 333 g/mol. The lowest BCUT2D eigenvalue weighted by molar-refractivity contribution is 0.0691. The number of nitrogens with zero attached hydrogens (tertiary/aromatic N) is 3. The third kappa shape index (κ3) is 2.67. The number of carbonyl (C=O) groups is 1. The highest BCUT2D eigenvalue weighted by molar-refractivity contribution is 6.01. The molecule has 0 spiro atoms. The number of aromatic carboxylic acids is 1. The van der Waals surface area contributed by atoms with Crippen LogP contribution in [0.4, 0.5) is 0 Å². The molecule has 4 aromatic rings. The van der Waals surface area contributed by atoms with Gasteiger partial charge in [0.1, 0.15) is 11.5 Å². The predicted octanol–water partition coefficient (Wildman–Crippen LogP) is 3.75. The van der Waals surface area contributed by atoms with Gasteiger partial charge in [0, 0.05) is 10.9 Å². The summed E-state index contributed by atoms with van der Waals surface area (Å²) in [5.74, 6) is 0.190. The minimum absolute atomic E-state index is 0.0417. The van der Waals surface area contributed by atoms with Crippen LogP contribution in [-0.2, 0) is 6.54 Å². The summed E-state index contributed by atoms with van der Waals surface area (Å²) in [6, 6.07) is 16.9. The van der Waals surface area contributed by atoms with Crippen molar-refractivity contribution in [2.45, 2.75) is 13.5 Å². The van der Waals surface area contributed by atoms with Gasteiger partial charge in [-0.3, -0.25) is 4.68 Å². The van der Waals surface area contributed by atoms with Gasteiger partial charge in [-0.25, -0.2) is 9.78 Å². The molecule has 0 bridgehead atoms. The fourth-order valence-electron chi connectivity index (χ4n) is 2.83. The quantitative estimate of drug-likeness (QED) is 0.615. The summed E-state index contributed by atoms with van der Waals surface area (Å²) in [6.07, 6.45) is 0. The monoisotopic (exact) mass is 333 g/mol. The molecular formula is C19H15N3O3. The second kappa shape index (κ2) is 5.90. The summed E-state index contributed by atoms with van der Waals surface area (Å²) in [7, 11) is 0. The van der Waals surface area contributed by atoms with E-state index in [1.165, 1.54) is 0 Å². The zero-order valence-corrected chi connectivity index (χ0v) is 13.5. The minimum Gasteiger partial charge on any atom is -0.476 e. The van der Waals surface area contributed by atoms with Crippen LogP contribution in [0.5, 0.6) is 0 Å². The molecule has 124 valence electrons. The number of aromatic nitrogens is 3. The fraction of sp³-hybridized carbons (Fsp3) is 0.105. The molecule has 2 aromatic heterocycles. The molecule has 2 aromatic carbocycles. The Bertz CT molecular complexity index is 1060. The molecule has 4 rings (SSSR count). The van der Waals surface area contributed by atoms with E-state index in [-0.39, 0.29) is 5.69 Å². The zero-order valence-electron chi connectivity index (χ0n) is 13.5. The van der Waals surface area contributed by atoms with Gasteiger partial charge in [-0.2, -0.15) is 5.10 Å². The highest BCUT2D eigenvalue weighted by Crippen LogP contribution is 2.24. The number of carboxylic acids is 1. The van der Waals surface area contributed by atoms with Gasteiger partial charge in [-0.05, 0) is 25.1 Å². The fourth-order valence-corrected chi connectivity index (χ4v) is 2.83. The molecule has 0 aliphatic heterocycles. The van der Waals surface area contributed by atoms with Crippen LogP contribution in [0.2, 0.25) is 0 Å². The number of fused-ring (bicyclic) bond motifs is 1. The molecule has 25 heavy (non-hydrogen) atoms. The van der Waals surface area contributed by atoms with E-state index in [1.54, 1.807) is 16.8 Å². The zero-order chi connectivity index (χ0) is 17.4. The van der Waals surface area contributed by atoms with Gasteiger partial charge in [0.15, 0.2) is 5.69 Å². The molecule has 0 atom stereocenters. The van der Waals surface area contributed by atoms with Crippen LogP contribution in [0.3, 0.4) is 0 Å². The molecule has 0 saturated carbocycles. The van der Waals surface area contributed by atoms with Gasteiger partial charge in [0.2, 0.25) is 5.89 Å². The van der Waals surface area contributed by atoms with Crippen molar-refractivity contribution in [3.05, 3.63) is 71.7 Å². The van der Waals surface area contributed by atoms with Crippen molar-refractivity contribution in [3.8, 4) is 11.5 Å². The van der Waals surface area contributed by atoms with Crippen LogP contribution >= 0.6 is 0 Å². The number of carboxylic acid groups (broad SMARTS) is 1. The number of aryl methyl sites for hydroxylation is 1. The van der Waals surface area contributed by atoms with Crippen LogP contribution in [0.15, 0.2) is 59.0 Å². The third-order valence-electron chi connectivity index (χ3n) is 4.07. The van der Waals surface area contributed by atoms with Crippen molar-refractivity contribution >= 4 is 16.9 Å². The molecule has 1 N–H and O–H groups in total. The van der Waals surface area contributed by atoms with E-state index in [2.05, 4.69) is 10.1 Å². The molecule has 0 saturated heterocycles. The van der Waals surface area contributed by atoms with Crippen molar-refractivity contribution in [1.82, 2.24) is 14.8 Å². The summed E-state index contributed by atoms with van der Waals surface area (Å²) in [6.45, 7) is 2.19. The molecule has 6 heteroatoms. The molecule has 0 unspecified atom stereocenters. The molecule has 0 aliphatic carbocycles. The van der Waals surface area contributed by atoms with E-state index in [1.807, 2.05) is 49.4 Å². The SMILES string of the molecule is Cc1oc(-c2ccccc2)nc1Cn1nc(C(=O)O)c2ccccc21. The van der Waals surface area contributed by atoms with Crippen LogP contribution in [-0.4, -0.2) is 25.8 Å². The Balaban J connectivity index is 1.75. The molecule has 0 amide bonds. The normalized spacial score (nSPS) is 11.1. The molecule has 0 radical (unpaired) electrons. The van der Waals surface area contributed by atoms with Crippen LogP contribution in [0.25, 0.3) is 22.4 Å². The van der Waals surface area contributed by atoms with Gasteiger partial charge < -0.3 is 9.52 Å². The maximum atomic E-state index is 11.4. The molecule has 0 aliphatic rings. The van der Waals surface area contributed by atoms with E-state index in [9.17, 15) is 9.90 Å². The second-order valence-corrected chi connectivity index (χ2v) is 5.72. The number of benzene rings is 2. The number of para-hydroxylation sites is 1. The molecule has 0 fully saturated rings. The predicted molar refractivity (Wildman–Crippen MR) is 92.5 cm³/mol. The Morgan fingerprint density at radius 3 is 2.60 bits per heavy atom. The average Bonchev–Trinajstić information content (AvgIpc) is 3.18. The van der Waals surface area contributed by atoms with Crippen molar-refractivity contribution in [2.24, 2.45) is 0 Å². The molecular weight excluding hydrogens is 318 g/mol. The summed E-state index contributed by atoms with van der Waals surface area (Å²) in [5, 5.41) is 14.2. The largest absolute Gasteiger partial charge is 0.476 e. The Hall–Kier alpha value is -3.41. The van der Waals surface area contributed by atoms with Gasteiger partial charge >= 0.3 is 5.97 Å². The Morgan fingerprint density at radius 2 is 1.84 bits per heavy atom. The standard InChI is InChI=1S/C19H15N3O3/c1-12-15(20-18(25-12)13-7-3-2-4-8-13)11-22-16-10-6-5-9-14(16)17(21-22)19(23)24/h2-10H,11H2,1H3,(H,23,24). The number of rotatable bonds is 4. The maximum Gasteiger partial charge on any atom is 0.357 e. The third-order valence-corrected chi connectivity index (χ3v) is 4.07. The summed E-state index contributed by atoms with van der Waals surface area (Å²) >= 11 is 0. The Morgan fingerprint density at radius 1 is 1.12 bits per heavy atom. The lowest BCUT2D eigenvalue weighted by Crippen LogP contribution is -2.05. The van der Waals surface area contributed by atoms with Crippen molar-refractivity contribution in [1.29, 1.82) is 0 Å². The highest BCUT2D eigenvalue weighted by Gasteiger charge is 2.18. The van der Waals surface area contributed by atoms with E-state index in [0.29, 0.717) is 23.6 Å². The highest BCUT2D eigenvalue weighted by atomic mass is 16.4. The van der Waals surface area contributed by atoms with Crippen molar-refractivity contribution in [3.63, 3.8) is 0 Å². The van der Waals surface area contributed by atoms with Gasteiger partial charge in [-0.15, -0.1) is 0 Å². The lowest BCUT2D eigenvalue weighted by atomic mass is 10.2. The second-order valence-electron chi connectivity index (χ2n) is 5.72.